The van der Waals surface area contributed by atoms with Crippen molar-refractivity contribution in [1.82, 2.24) is 10.6 Å². The molecule has 0 aromatic heterocycles. The largest absolute Gasteiger partial charge is 0.381 e. The number of guanidine groups is 1. The van der Waals surface area contributed by atoms with E-state index in [9.17, 15) is 0 Å². The molecule has 4 nitrogen and oxygen atoms in total. The second kappa shape index (κ2) is 8.19. The highest BCUT2D eigenvalue weighted by atomic mass is 16.5. The van der Waals surface area contributed by atoms with Gasteiger partial charge < -0.3 is 15.4 Å². The first-order chi connectivity index (χ1) is 10.8. The summed E-state index contributed by atoms with van der Waals surface area (Å²) in [6, 6.07) is 0.622. The van der Waals surface area contributed by atoms with E-state index in [1.807, 2.05) is 0 Å². The SMILES string of the molecule is CCNC(=NCC1CCOC1)NC1CCC2CCCCC2C1. The minimum atomic E-state index is 0.615. The molecule has 2 N–H and O–H groups in total. The fourth-order valence-electron chi connectivity index (χ4n) is 4.47. The van der Waals surface area contributed by atoms with Gasteiger partial charge in [-0.05, 0) is 44.4 Å². The summed E-state index contributed by atoms with van der Waals surface area (Å²) in [5.74, 6) is 3.62. The lowest BCUT2D eigenvalue weighted by atomic mass is 9.69. The van der Waals surface area contributed by atoms with Gasteiger partial charge in [-0.25, -0.2) is 0 Å². The number of aliphatic imine (C=N–C) groups is 1. The van der Waals surface area contributed by atoms with E-state index in [0.717, 1.165) is 50.5 Å². The van der Waals surface area contributed by atoms with Crippen LogP contribution in [0.5, 0.6) is 0 Å². The molecule has 0 radical (unpaired) electrons. The summed E-state index contributed by atoms with van der Waals surface area (Å²) in [7, 11) is 0. The van der Waals surface area contributed by atoms with Gasteiger partial charge in [0.05, 0.1) is 6.61 Å². The van der Waals surface area contributed by atoms with E-state index >= 15 is 0 Å². The Bertz CT molecular complexity index is 365. The zero-order valence-electron chi connectivity index (χ0n) is 14.2. The van der Waals surface area contributed by atoms with E-state index in [4.69, 9.17) is 9.73 Å². The molecule has 1 aliphatic heterocycles. The first-order valence-electron chi connectivity index (χ1n) is 9.47. The molecule has 4 unspecified atom stereocenters. The monoisotopic (exact) mass is 307 g/mol. The molecule has 126 valence electrons. The third-order valence-electron chi connectivity index (χ3n) is 5.76. The second-order valence-electron chi connectivity index (χ2n) is 7.41. The van der Waals surface area contributed by atoms with Gasteiger partial charge in [-0.1, -0.05) is 25.7 Å². The quantitative estimate of drug-likeness (QED) is 0.620. The van der Waals surface area contributed by atoms with Crippen LogP contribution >= 0.6 is 0 Å². The number of hydrogen-bond acceptors (Lipinski definition) is 2. The minimum Gasteiger partial charge on any atom is -0.381 e. The number of nitrogens with one attached hydrogen (secondary N) is 2. The zero-order chi connectivity index (χ0) is 15.2. The molecule has 0 spiro atoms. The van der Waals surface area contributed by atoms with Crippen molar-refractivity contribution in [1.29, 1.82) is 0 Å². The highest BCUT2D eigenvalue weighted by molar-refractivity contribution is 5.80. The number of nitrogens with zero attached hydrogens (tertiary/aromatic N) is 1. The fraction of sp³-hybridized carbons (Fsp3) is 0.944. The van der Waals surface area contributed by atoms with Crippen molar-refractivity contribution in [3.8, 4) is 0 Å². The normalized spacial score (nSPS) is 36.0. The van der Waals surface area contributed by atoms with Crippen LogP contribution in [0.25, 0.3) is 0 Å². The molecule has 0 amide bonds. The molecule has 4 heteroatoms. The first-order valence-corrected chi connectivity index (χ1v) is 9.47. The van der Waals surface area contributed by atoms with Crippen LogP contribution in [-0.4, -0.2) is 38.3 Å². The van der Waals surface area contributed by atoms with E-state index < -0.39 is 0 Å². The van der Waals surface area contributed by atoms with Crippen molar-refractivity contribution in [2.75, 3.05) is 26.3 Å². The Morgan fingerprint density at radius 1 is 1.09 bits per heavy atom. The lowest BCUT2D eigenvalue weighted by Gasteiger charge is -2.39. The maximum absolute atomic E-state index is 5.45. The van der Waals surface area contributed by atoms with Gasteiger partial charge in [0.25, 0.3) is 0 Å². The van der Waals surface area contributed by atoms with Crippen LogP contribution in [0, 0.1) is 17.8 Å². The van der Waals surface area contributed by atoms with Gasteiger partial charge in [0.1, 0.15) is 0 Å². The van der Waals surface area contributed by atoms with Crippen LogP contribution in [0.3, 0.4) is 0 Å². The third-order valence-corrected chi connectivity index (χ3v) is 5.76. The maximum atomic E-state index is 5.45. The van der Waals surface area contributed by atoms with Crippen molar-refractivity contribution >= 4 is 5.96 Å². The molecule has 2 aliphatic carbocycles. The van der Waals surface area contributed by atoms with Crippen molar-refractivity contribution in [3.05, 3.63) is 0 Å². The summed E-state index contributed by atoms with van der Waals surface area (Å²) in [6.45, 7) is 5.78. The lowest BCUT2D eigenvalue weighted by Crippen LogP contribution is -2.47. The average Bonchev–Trinajstić information content (AvgIpc) is 3.06. The van der Waals surface area contributed by atoms with Crippen molar-refractivity contribution in [2.24, 2.45) is 22.7 Å². The van der Waals surface area contributed by atoms with Gasteiger partial charge in [0.2, 0.25) is 0 Å². The molecule has 4 atom stereocenters. The van der Waals surface area contributed by atoms with Gasteiger partial charge in [0.15, 0.2) is 5.96 Å². The van der Waals surface area contributed by atoms with E-state index in [2.05, 4.69) is 17.6 Å². The maximum Gasteiger partial charge on any atom is 0.191 e. The highest BCUT2D eigenvalue weighted by Crippen LogP contribution is 2.40. The van der Waals surface area contributed by atoms with Gasteiger partial charge in [-0.2, -0.15) is 0 Å². The molecule has 3 rings (SSSR count). The van der Waals surface area contributed by atoms with E-state index in [-0.39, 0.29) is 0 Å². The van der Waals surface area contributed by atoms with Gasteiger partial charge in [0, 0.05) is 31.7 Å². The molecule has 3 fully saturated rings. The predicted octanol–water partition coefficient (Wildman–Crippen LogP) is 2.94. The molecular formula is C18H33N3O. The zero-order valence-corrected chi connectivity index (χ0v) is 14.2. The Hall–Kier alpha value is -0.770. The van der Waals surface area contributed by atoms with Crippen molar-refractivity contribution < 1.29 is 4.74 Å². The topological polar surface area (TPSA) is 45.7 Å². The van der Waals surface area contributed by atoms with Crippen molar-refractivity contribution in [2.45, 2.75) is 64.3 Å². The molecule has 3 aliphatic rings. The predicted molar refractivity (Wildman–Crippen MR) is 91.1 cm³/mol. The summed E-state index contributed by atoms with van der Waals surface area (Å²) in [4.78, 5) is 4.81. The molecule has 0 aromatic carbocycles. The molecule has 2 saturated carbocycles. The van der Waals surface area contributed by atoms with E-state index in [0.29, 0.717) is 12.0 Å². The number of rotatable bonds is 4. The lowest BCUT2D eigenvalue weighted by molar-refractivity contribution is 0.150. The van der Waals surface area contributed by atoms with Crippen LogP contribution in [-0.2, 0) is 4.74 Å². The Balaban J connectivity index is 1.50. The Morgan fingerprint density at radius 3 is 2.73 bits per heavy atom. The standard InChI is InChI=1S/C18H33N3O/c1-2-19-18(20-12-14-9-10-22-13-14)21-17-8-7-15-5-3-4-6-16(15)11-17/h14-17H,2-13H2,1H3,(H2,19,20,21). The molecule has 22 heavy (non-hydrogen) atoms. The van der Waals surface area contributed by atoms with Gasteiger partial charge in [-0.3, -0.25) is 4.99 Å². The van der Waals surface area contributed by atoms with Crippen LogP contribution in [0.4, 0.5) is 0 Å². The van der Waals surface area contributed by atoms with Gasteiger partial charge in [-0.15, -0.1) is 0 Å². The molecule has 1 saturated heterocycles. The highest BCUT2D eigenvalue weighted by Gasteiger charge is 2.32. The smallest absolute Gasteiger partial charge is 0.191 e. The Labute approximate surface area is 135 Å². The molecule has 0 bridgehead atoms. The van der Waals surface area contributed by atoms with E-state index in [1.54, 1.807) is 0 Å². The number of hydrogen-bond donors (Lipinski definition) is 2. The third kappa shape index (κ3) is 4.37. The summed E-state index contributed by atoms with van der Waals surface area (Å²) in [5.41, 5.74) is 0. The number of fused-ring (bicyclic) bond motifs is 1. The summed E-state index contributed by atoms with van der Waals surface area (Å²) >= 11 is 0. The van der Waals surface area contributed by atoms with Crippen molar-refractivity contribution in [3.63, 3.8) is 0 Å². The van der Waals surface area contributed by atoms with Gasteiger partial charge >= 0.3 is 0 Å². The Kier molecular flexibility index (Phi) is 5.99. The Morgan fingerprint density at radius 2 is 1.95 bits per heavy atom. The van der Waals surface area contributed by atoms with Crippen LogP contribution in [0.1, 0.15) is 58.3 Å². The molecule has 1 heterocycles. The molecule has 0 aromatic rings. The summed E-state index contributed by atoms with van der Waals surface area (Å²) < 4.78 is 5.45. The second-order valence-corrected chi connectivity index (χ2v) is 7.41. The first kappa shape index (κ1) is 16.1. The van der Waals surface area contributed by atoms with Crippen LogP contribution in [0.2, 0.25) is 0 Å². The minimum absolute atomic E-state index is 0.615. The number of ether oxygens (including phenoxy) is 1. The summed E-state index contributed by atoms with van der Waals surface area (Å²) in [5, 5.41) is 7.14. The van der Waals surface area contributed by atoms with E-state index in [1.165, 1.54) is 44.9 Å². The molecular weight excluding hydrogens is 274 g/mol. The van der Waals surface area contributed by atoms with Crippen LogP contribution < -0.4 is 10.6 Å². The average molecular weight is 307 g/mol. The summed E-state index contributed by atoms with van der Waals surface area (Å²) in [6.07, 6.45) is 11.1. The van der Waals surface area contributed by atoms with Crippen LogP contribution in [0.15, 0.2) is 4.99 Å². The fourth-order valence-corrected chi connectivity index (χ4v) is 4.47.